The second-order valence-electron chi connectivity index (χ2n) is 7.76. The molecule has 0 aromatic heterocycles. The highest BCUT2D eigenvalue weighted by molar-refractivity contribution is 7.92. The van der Waals surface area contributed by atoms with E-state index in [1.165, 1.54) is 0 Å². The van der Waals surface area contributed by atoms with Gasteiger partial charge in [-0.1, -0.05) is 6.07 Å². The van der Waals surface area contributed by atoms with E-state index in [0.717, 1.165) is 11.1 Å². The molecule has 2 aromatic rings. The van der Waals surface area contributed by atoms with Crippen molar-refractivity contribution < 1.29 is 17.9 Å². The van der Waals surface area contributed by atoms with Crippen molar-refractivity contribution in [3.05, 3.63) is 47.5 Å². The number of rotatable bonds is 4. The summed E-state index contributed by atoms with van der Waals surface area (Å²) in [4.78, 5) is 14.7. The Morgan fingerprint density at radius 1 is 1.11 bits per heavy atom. The van der Waals surface area contributed by atoms with E-state index in [4.69, 9.17) is 4.74 Å². The molecular formula is C21H26N2O4S. The maximum Gasteiger partial charge on any atom is 0.261 e. The van der Waals surface area contributed by atoms with Crippen molar-refractivity contribution in [2.45, 2.75) is 39.5 Å². The van der Waals surface area contributed by atoms with Crippen molar-refractivity contribution >= 4 is 27.3 Å². The molecule has 6 nitrogen and oxygen atoms in total. The predicted octanol–water partition coefficient (Wildman–Crippen LogP) is 3.88. The van der Waals surface area contributed by atoms with Crippen LogP contribution >= 0.6 is 0 Å². The molecule has 0 saturated carbocycles. The Morgan fingerprint density at radius 2 is 1.82 bits per heavy atom. The van der Waals surface area contributed by atoms with Crippen LogP contribution in [0, 0.1) is 19.3 Å². The number of anilines is 2. The van der Waals surface area contributed by atoms with Crippen molar-refractivity contribution in [3.8, 4) is 5.75 Å². The van der Waals surface area contributed by atoms with Gasteiger partial charge in [-0.3, -0.25) is 9.52 Å². The molecule has 0 bridgehead atoms. The van der Waals surface area contributed by atoms with Crippen LogP contribution in [-0.2, 0) is 14.8 Å². The Hall–Kier alpha value is -2.54. The second-order valence-corrected chi connectivity index (χ2v) is 9.44. The lowest BCUT2D eigenvalue weighted by atomic mass is 9.93. The zero-order chi connectivity index (χ0) is 20.7. The van der Waals surface area contributed by atoms with Crippen LogP contribution in [-0.4, -0.2) is 27.5 Å². The van der Waals surface area contributed by atoms with Crippen LogP contribution in [0.2, 0.25) is 0 Å². The second kappa shape index (κ2) is 7.13. The molecule has 0 fully saturated rings. The van der Waals surface area contributed by atoms with Crippen LogP contribution in [0.15, 0.2) is 41.3 Å². The summed E-state index contributed by atoms with van der Waals surface area (Å²) in [7, 11) is -3.74. The standard InChI is InChI=1S/C21H26N2O4S/c1-6-23-18-12-16(8-10-19(18)27-13-21(4,5)20(23)24)22-28(25,26)17-9-7-14(2)15(3)11-17/h7-12,22H,6,13H2,1-5H3. The Balaban J connectivity index is 1.97. The van der Waals surface area contributed by atoms with Crippen LogP contribution in [0.3, 0.4) is 0 Å². The molecule has 0 atom stereocenters. The number of fused-ring (bicyclic) bond motifs is 1. The lowest BCUT2D eigenvalue weighted by molar-refractivity contribution is -0.127. The van der Waals surface area contributed by atoms with Gasteiger partial charge in [-0.05, 0) is 76.1 Å². The van der Waals surface area contributed by atoms with E-state index in [9.17, 15) is 13.2 Å². The molecule has 0 spiro atoms. The van der Waals surface area contributed by atoms with Crippen LogP contribution in [0.25, 0.3) is 0 Å². The smallest absolute Gasteiger partial charge is 0.261 e. The summed E-state index contributed by atoms with van der Waals surface area (Å²) in [6.45, 7) is 10.1. The lowest BCUT2D eigenvalue weighted by Crippen LogP contribution is -2.42. The summed E-state index contributed by atoms with van der Waals surface area (Å²) >= 11 is 0. The highest BCUT2D eigenvalue weighted by Gasteiger charge is 2.37. The topological polar surface area (TPSA) is 75.7 Å². The summed E-state index contributed by atoms with van der Waals surface area (Å²) in [6, 6.07) is 10.0. The number of hydrogen-bond acceptors (Lipinski definition) is 4. The van der Waals surface area contributed by atoms with Gasteiger partial charge < -0.3 is 9.64 Å². The minimum absolute atomic E-state index is 0.0529. The van der Waals surface area contributed by atoms with E-state index in [-0.39, 0.29) is 17.4 Å². The zero-order valence-electron chi connectivity index (χ0n) is 16.9. The summed E-state index contributed by atoms with van der Waals surface area (Å²) in [5, 5.41) is 0. The van der Waals surface area contributed by atoms with Crippen molar-refractivity contribution in [1.29, 1.82) is 0 Å². The highest BCUT2D eigenvalue weighted by atomic mass is 32.2. The Bertz CT molecular complexity index is 1030. The van der Waals surface area contributed by atoms with Crippen LogP contribution in [0.4, 0.5) is 11.4 Å². The van der Waals surface area contributed by atoms with Gasteiger partial charge in [0.2, 0.25) is 5.91 Å². The van der Waals surface area contributed by atoms with Crippen molar-refractivity contribution in [3.63, 3.8) is 0 Å². The maximum absolute atomic E-state index is 12.9. The largest absolute Gasteiger partial charge is 0.490 e. The van der Waals surface area contributed by atoms with E-state index in [1.54, 1.807) is 41.3 Å². The number of nitrogens with zero attached hydrogens (tertiary/aromatic N) is 1. The summed E-state index contributed by atoms with van der Waals surface area (Å²) in [5.41, 5.74) is 2.22. The Kier molecular flexibility index (Phi) is 5.14. The fourth-order valence-electron chi connectivity index (χ4n) is 3.12. The van der Waals surface area contributed by atoms with Gasteiger partial charge in [-0.25, -0.2) is 8.42 Å². The molecule has 1 amide bonds. The number of carbonyl (C=O) groups excluding carboxylic acids is 1. The number of sulfonamides is 1. The molecule has 0 radical (unpaired) electrons. The first-order chi connectivity index (χ1) is 13.0. The lowest BCUT2D eigenvalue weighted by Gasteiger charge is -2.27. The minimum Gasteiger partial charge on any atom is -0.490 e. The number of carbonyl (C=O) groups is 1. The monoisotopic (exact) mass is 402 g/mol. The molecule has 28 heavy (non-hydrogen) atoms. The van der Waals surface area contributed by atoms with Gasteiger partial charge in [0.1, 0.15) is 12.4 Å². The molecule has 1 aliphatic heterocycles. The third-order valence-electron chi connectivity index (χ3n) is 5.02. The Morgan fingerprint density at radius 3 is 2.46 bits per heavy atom. The van der Waals surface area contributed by atoms with Crippen LogP contribution in [0.1, 0.15) is 31.9 Å². The number of aryl methyl sites for hydroxylation is 2. The van der Waals surface area contributed by atoms with Gasteiger partial charge in [0.15, 0.2) is 0 Å². The minimum atomic E-state index is -3.74. The summed E-state index contributed by atoms with van der Waals surface area (Å²) < 4.78 is 34.0. The zero-order valence-corrected chi connectivity index (χ0v) is 17.7. The van der Waals surface area contributed by atoms with Crippen LogP contribution < -0.4 is 14.4 Å². The SMILES string of the molecule is CCN1C(=O)C(C)(C)COc2ccc(NS(=O)(=O)c3ccc(C)c(C)c3)cc21. The van der Waals surface area contributed by atoms with Gasteiger partial charge in [0, 0.05) is 6.54 Å². The first kappa shape index (κ1) is 20.2. The first-order valence-electron chi connectivity index (χ1n) is 9.24. The maximum atomic E-state index is 12.9. The first-order valence-corrected chi connectivity index (χ1v) is 10.7. The van der Waals surface area contributed by atoms with Gasteiger partial charge >= 0.3 is 0 Å². The van der Waals surface area contributed by atoms with Gasteiger partial charge in [0.05, 0.1) is 21.7 Å². The van der Waals surface area contributed by atoms with Crippen molar-refractivity contribution in [2.75, 3.05) is 22.8 Å². The van der Waals surface area contributed by atoms with Crippen LogP contribution in [0.5, 0.6) is 5.75 Å². The quantitative estimate of drug-likeness (QED) is 0.842. The fraction of sp³-hybridized carbons (Fsp3) is 0.381. The molecule has 150 valence electrons. The molecule has 7 heteroatoms. The molecule has 1 aliphatic rings. The number of hydrogen-bond donors (Lipinski definition) is 1. The van der Waals surface area contributed by atoms with Crippen molar-refractivity contribution in [1.82, 2.24) is 0 Å². The molecular weight excluding hydrogens is 376 g/mol. The average molecular weight is 403 g/mol. The molecule has 1 N–H and O–H groups in total. The number of benzene rings is 2. The number of amides is 1. The van der Waals surface area contributed by atoms with Gasteiger partial charge in [-0.15, -0.1) is 0 Å². The van der Waals surface area contributed by atoms with E-state index >= 15 is 0 Å². The van der Waals surface area contributed by atoms with Gasteiger partial charge in [0.25, 0.3) is 10.0 Å². The van der Waals surface area contributed by atoms with Gasteiger partial charge in [-0.2, -0.15) is 0 Å². The third-order valence-corrected chi connectivity index (χ3v) is 6.40. The summed E-state index contributed by atoms with van der Waals surface area (Å²) in [5.74, 6) is 0.512. The van der Waals surface area contributed by atoms with E-state index < -0.39 is 15.4 Å². The average Bonchev–Trinajstić information content (AvgIpc) is 2.72. The fourth-order valence-corrected chi connectivity index (χ4v) is 4.25. The Labute approximate surface area is 166 Å². The molecule has 0 aliphatic carbocycles. The van der Waals surface area contributed by atoms with E-state index in [2.05, 4.69) is 4.72 Å². The third kappa shape index (κ3) is 3.71. The highest BCUT2D eigenvalue weighted by Crippen LogP contribution is 2.38. The number of nitrogens with one attached hydrogen (secondary N) is 1. The molecule has 1 heterocycles. The molecule has 0 unspecified atom stereocenters. The molecule has 2 aromatic carbocycles. The van der Waals surface area contributed by atoms with Crippen molar-refractivity contribution in [2.24, 2.45) is 5.41 Å². The van der Waals surface area contributed by atoms with E-state index in [0.29, 0.717) is 23.7 Å². The summed E-state index contributed by atoms with van der Waals surface area (Å²) in [6.07, 6.45) is 0. The predicted molar refractivity (Wildman–Crippen MR) is 110 cm³/mol. The van der Waals surface area contributed by atoms with E-state index in [1.807, 2.05) is 34.6 Å². The number of ether oxygens (including phenoxy) is 1. The normalized spacial score (nSPS) is 16.2. The molecule has 3 rings (SSSR count). The molecule has 0 saturated heterocycles.